The van der Waals surface area contributed by atoms with Crippen molar-refractivity contribution in [2.75, 3.05) is 5.32 Å². The highest BCUT2D eigenvalue weighted by atomic mass is 35.5. The minimum Gasteiger partial charge on any atom is -0.378 e. The van der Waals surface area contributed by atoms with Gasteiger partial charge in [-0.2, -0.15) is 0 Å². The molecule has 28 heavy (non-hydrogen) atoms. The second kappa shape index (κ2) is 10.1. The number of carbonyl (C=O) groups is 1. The van der Waals surface area contributed by atoms with Gasteiger partial charge in [0.1, 0.15) is 0 Å². The van der Waals surface area contributed by atoms with Gasteiger partial charge < -0.3 is 5.32 Å². The zero-order valence-electron chi connectivity index (χ0n) is 16.2. The maximum Gasteiger partial charge on any atom is 0.165 e. The average Bonchev–Trinajstić information content (AvgIpc) is 2.74. The van der Waals surface area contributed by atoms with Gasteiger partial charge in [-0.25, -0.2) is 0 Å². The van der Waals surface area contributed by atoms with E-state index in [-0.39, 0.29) is 11.8 Å². The van der Waals surface area contributed by atoms with Crippen molar-refractivity contribution in [1.82, 2.24) is 0 Å². The number of hydrogen-bond donors (Lipinski definition) is 1. The Bertz CT molecular complexity index is 873. The van der Waals surface area contributed by atoms with E-state index >= 15 is 0 Å². The molecule has 3 aromatic carbocycles. The van der Waals surface area contributed by atoms with Crippen LogP contribution in [0.1, 0.15) is 53.7 Å². The van der Waals surface area contributed by atoms with Crippen molar-refractivity contribution in [3.8, 4) is 0 Å². The number of hydrogen-bond acceptors (Lipinski definition) is 2. The SMILES string of the molecule is CCCCc1ccc(NC(CC(=O)c2ccccc2)c2ccc(Cl)cc2)cc1. The molecule has 0 saturated heterocycles. The Morgan fingerprint density at radius 1 is 0.929 bits per heavy atom. The molecular weight excluding hydrogens is 366 g/mol. The molecule has 2 nitrogen and oxygen atoms in total. The maximum atomic E-state index is 12.8. The van der Waals surface area contributed by atoms with Gasteiger partial charge in [0.05, 0.1) is 6.04 Å². The maximum absolute atomic E-state index is 12.8. The van der Waals surface area contributed by atoms with E-state index in [1.54, 1.807) is 0 Å². The van der Waals surface area contributed by atoms with Gasteiger partial charge in [0.25, 0.3) is 0 Å². The lowest BCUT2D eigenvalue weighted by atomic mass is 9.97. The Kier molecular flexibility index (Phi) is 7.27. The molecule has 0 aliphatic carbocycles. The molecule has 0 heterocycles. The first-order chi connectivity index (χ1) is 13.7. The molecule has 3 aromatic rings. The summed E-state index contributed by atoms with van der Waals surface area (Å²) in [5, 5.41) is 4.23. The first kappa shape index (κ1) is 20.2. The lowest BCUT2D eigenvalue weighted by Gasteiger charge is -2.20. The highest BCUT2D eigenvalue weighted by molar-refractivity contribution is 6.30. The Balaban J connectivity index is 1.78. The minimum absolute atomic E-state index is 0.118. The Morgan fingerprint density at radius 3 is 2.25 bits per heavy atom. The number of halogens is 1. The smallest absolute Gasteiger partial charge is 0.165 e. The van der Waals surface area contributed by atoms with Crippen molar-refractivity contribution < 1.29 is 4.79 Å². The third kappa shape index (κ3) is 5.71. The van der Waals surface area contributed by atoms with Crippen molar-refractivity contribution in [3.05, 3.63) is 101 Å². The number of Topliss-reactive ketones (excluding diaryl/α,β-unsaturated/α-hetero) is 1. The third-order valence-electron chi connectivity index (χ3n) is 4.87. The molecule has 0 fully saturated rings. The van der Waals surface area contributed by atoms with Gasteiger partial charge in [0.2, 0.25) is 0 Å². The highest BCUT2D eigenvalue weighted by Crippen LogP contribution is 2.26. The van der Waals surface area contributed by atoms with Crippen LogP contribution in [0, 0.1) is 0 Å². The summed E-state index contributed by atoms with van der Waals surface area (Å²) < 4.78 is 0. The number of nitrogens with one attached hydrogen (secondary N) is 1. The van der Waals surface area contributed by atoms with E-state index in [0.29, 0.717) is 11.4 Å². The summed E-state index contributed by atoms with van der Waals surface area (Å²) in [7, 11) is 0. The van der Waals surface area contributed by atoms with Crippen LogP contribution in [0.2, 0.25) is 5.02 Å². The van der Waals surface area contributed by atoms with Crippen LogP contribution in [0.4, 0.5) is 5.69 Å². The molecule has 1 N–H and O–H groups in total. The molecule has 0 aliphatic heterocycles. The fourth-order valence-electron chi connectivity index (χ4n) is 3.22. The molecule has 144 valence electrons. The van der Waals surface area contributed by atoms with Crippen LogP contribution < -0.4 is 5.32 Å². The zero-order chi connectivity index (χ0) is 19.8. The van der Waals surface area contributed by atoms with Crippen LogP contribution in [0.5, 0.6) is 0 Å². The zero-order valence-corrected chi connectivity index (χ0v) is 17.0. The van der Waals surface area contributed by atoms with Gasteiger partial charge in [0.15, 0.2) is 5.78 Å². The predicted molar refractivity (Wildman–Crippen MR) is 118 cm³/mol. The number of ketones is 1. The molecule has 3 rings (SSSR count). The first-order valence-corrected chi connectivity index (χ1v) is 10.2. The molecule has 0 amide bonds. The molecule has 0 bridgehead atoms. The highest BCUT2D eigenvalue weighted by Gasteiger charge is 2.17. The lowest BCUT2D eigenvalue weighted by molar-refractivity contribution is 0.0976. The molecule has 3 heteroatoms. The molecule has 0 saturated carbocycles. The van der Waals surface area contributed by atoms with Crippen LogP contribution in [0.3, 0.4) is 0 Å². The van der Waals surface area contributed by atoms with Gasteiger partial charge in [-0.1, -0.05) is 79.5 Å². The molecule has 0 radical (unpaired) electrons. The van der Waals surface area contributed by atoms with Crippen LogP contribution in [0.25, 0.3) is 0 Å². The van der Waals surface area contributed by atoms with Crippen molar-refractivity contribution in [1.29, 1.82) is 0 Å². The number of carbonyl (C=O) groups excluding carboxylic acids is 1. The van der Waals surface area contributed by atoms with Crippen molar-refractivity contribution in [2.45, 2.75) is 38.6 Å². The minimum atomic E-state index is -0.119. The van der Waals surface area contributed by atoms with Gasteiger partial charge in [-0.05, 0) is 48.2 Å². The fraction of sp³-hybridized carbons (Fsp3) is 0.240. The second-order valence-electron chi connectivity index (χ2n) is 7.04. The number of aryl methyl sites for hydroxylation is 1. The summed E-state index contributed by atoms with van der Waals surface area (Å²) in [5.74, 6) is 0.118. The summed E-state index contributed by atoms with van der Waals surface area (Å²) in [6.45, 7) is 2.20. The Hall–Kier alpha value is -2.58. The van der Waals surface area contributed by atoms with Crippen molar-refractivity contribution >= 4 is 23.1 Å². The van der Waals surface area contributed by atoms with Crippen molar-refractivity contribution in [3.63, 3.8) is 0 Å². The lowest BCUT2D eigenvalue weighted by Crippen LogP contribution is -2.16. The Morgan fingerprint density at radius 2 is 1.61 bits per heavy atom. The molecule has 0 spiro atoms. The normalized spacial score (nSPS) is 11.8. The number of unbranched alkanes of at least 4 members (excludes halogenated alkanes) is 1. The predicted octanol–water partition coefficient (Wildman–Crippen LogP) is 7.11. The Labute approximate surface area is 172 Å². The van der Waals surface area contributed by atoms with Crippen LogP contribution in [-0.2, 0) is 6.42 Å². The summed E-state index contributed by atoms with van der Waals surface area (Å²) >= 11 is 6.05. The van der Waals surface area contributed by atoms with Crippen LogP contribution in [0.15, 0.2) is 78.9 Å². The van der Waals surface area contributed by atoms with Gasteiger partial charge >= 0.3 is 0 Å². The van der Waals surface area contributed by atoms with Crippen molar-refractivity contribution in [2.24, 2.45) is 0 Å². The van der Waals surface area contributed by atoms with Gasteiger partial charge in [-0.15, -0.1) is 0 Å². The first-order valence-electron chi connectivity index (χ1n) is 9.85. The fourth-order valence-corrected chi connectivity index (χ4v) is 3.35. The summed E-state index contributed by atoms with van der Waals surface area (Å²) in [6.07, 6.45) is 3.87. The second-order valence-corrected chi connectivity index (χ2v) is 7.48. The van der Waals surface area contributed by atoms with Crippen LogP contribution >= 0.6 is 11.6 Å². The number of anilines is 1. The van der Waals surface area contributed by atoms with Gasteiger partial charge in [0, 0.05) is 22.7 Å². The summed E-state index contributed by atoms with van der Waals surface area (Å²) in [4.78, 5) is 12.8. The standard InChI is InChI=1S/C25H26ClNO/c1-2-3-7-19-10-16-23(17-11-19)27-24(20-12-14-22(26)15-13-20)18-25(28)21-8-5-4-6-9-21/h4-6,8-17,24,27H,2-3,7,18H2,1H3. The molecule has 0 aliphatic rings. The molecule has 0 aromatic heterocycles. The van der Waals surface area contributed by atoms with E-state index in [0.717, 1.165) is 23.2 Å². The van der Waals surface area contributed by atoms with E-state index in [1.165, 1.54) is 18.4 Å². The van der Waals surface area contributed by atoms with E-state index < -0.39 is 0 Å². The molecular formula is C25H26ClNO. The van der Waals surface area contributed by atoms with E-state index in [4.69, 9.17) is 11.6 Å². The van der Waals surface area contributed by atoms with Crippen LogP contribution in [-0.4, -0.2) is 5.78 Å². The molecule has 1 unspecified atom stereocenters. The van der Waals surface area contributed by atoms with Gasteiger partial charge in [-0.3, -0.25) is 4.79 Å². The van der Waals surface area contributed by atoms with E-state index in [1.807, 2.05) is 54.6 Å². The number of benzene rings is 3. The third-order valence-corrected chi connectivity index (χ3v) is 5.12. The monoisotopic (exact) mass is 391 g/mol. The summed E-state index contributed by atoms with van der Waals surface area (Å²) in [5.41, 5.74) is 4.14. The van der Waals surface area contributed by atoms with E-state index in [2.05, 4.69) is 36.5 Å². The quantitative estimate of drug-likeness (QED) is 0.394. The topological polar surface area (TPSA) is 29.1 Å². The molecule has 1 atom stereocenters. The number of rotatable bonds is 9. The largest absolute Gasteiger partial charge is 0.378 e. The average molecular weight is 392 g/mol. The van der Waals surface area contributed by atoms with E-state index in [9.17, 15) is 4.79 Å². The summed E-state index contributed by atoms with van der Waals surface area (Å²) in [6, 6.07) is 25.5.